The molecule has 0 bridgehead atoms. The Kier molecular flexibility index (Phi) is 5.58. The Morgan fingerprint density at radius 3 is 2.93 bits per heavy atom. The predicted octanol–water partition coefficient (Wildman–Crippen LogP) is 1.78. The molecule has 8 heteroatoms. The van der Waals surface area contributed by atoms with Gasteiger partial charge in [0.05, 0.1) is 18.7 Å². The number of rotatable bonds is 9. The van der Waals surface area contributed by atoms with E-state index in [1.165, 1.54) is 10.3 Å². The number of nitrogens with zero attached hydrogens (tertiary/aromatic N) is 3. The number of aromatic nitrogens is 3. The van der Waals surface area contributed by atoms with Crippen molar-refractivity contribution in [3.8, 4) is 11.3 Å². The summed E-state index contributed by atoms with van der Waals surface area (Å²) in [6.07, 6.45) is 3.75. The van der Waals surface area contributed by atoms with E-state index >= 15 is 0 Å². The lowest BCUT2D eigenvalue weighted by Crippen LogP contribution is -2.25. The summed E-state index contributed by atoms with van der Waals surface area (Å²) in [7, 11) is 1.96. The van der Waals surface area contributed by atoms with Crippen molar-refractivity contribution in [2.45, 2.75) is 16.3 Å². The monoisotopic (exact) mass is 384 g/mol. The maximum atomic E-state index is 8.87. The van der Waals surface area contributed by atoms with Crippen molar-refractivity contribution in [2.24, 2.45) is 0 Å². The summed E-state index contributed by atoms with van der Waals surface area (Å²) in [6, 6.07) is 6.34. The number of likely N-dealkylation sites (N-methyl/N-ethyl adjacent to an activating group) is 1. The molecule has 0 atom stereocenters. The van der Waals surface area contributed by atoms with Crippen molar-refractivity contribution in [2.75, 3.05) is 45.2 Å². The van der Waals surface area contributed by atoms with E-state index in [2.05, 4.69) is 37.7 Å². The molecular formula is C19H24N6OS. The van der Waals surface area contributed by atoms with Gasteiger partial charge in [-0.2, -0.15) is 5.10 Å². The standard InChI is InChI=1S/C19H24N6OS/c1-20-8-10-25-15-3-2-14(23-7-6-21-9-11-26)19-17(15)18(24-25)13-4-5-22-12-16(13)27-19/h2-5,12,20-21,23,26H,6-11H2,1H3. The summed E-state index contributed by atoms with van der Waals surface area (Å²) in [4.78, 5) is 6.64. The first-order valence-corrected chi connectivity index (χ1v) is 10.0. The molecule has 27 heavy (non-hydrogen) atoms. The first-order chi connectivity index (χ1) is 13.3. The van der Waals surface area contributed by atoms with Gasteiger partial charge in [-0.3, -0.25) is 9.67 Å². The summed E-state index contributed by atoms with van der Waals surface area (Å²) in [5, 5.41) is 24.9. The van der Waals surface area contributed by atoms with Crippen LogP contribution in [0.4, 0.5) is 5.69 Å². The van der Waals surface area contributed by atoms with E-state index in [1.54, 1.807) is 11.8 Å². The summed E-state index contributed by atoms with van der Waals surface area (Å²) in [6.45, 7) is 4.07. The van der Waals surface area contributed by atoms with Crippen LogP contribution in [0.1, 0.15) is 0 Å². The third-order valence-electron chi connectivity index (χ3n) is 4.60. The van der Waals surface area contributed by atoms with Gasteiger partial charge in [-0.1, -0.05) is 11.8 Å². The van der Waals surface area contributed by atoms with E-state index in [-0.39, 0.29) is 6.61 Å². The summed E-state index contributed by atoms with van der Waals surface area (Å²) < 4.78 is 2.09. The van der Waals surface area contributed by atoms with E-state index in [0.29, 0.717) is 6.54 Å². The maximum Gasteiger partial charge on any atom is 0.103 e. The molecular weight excluding hydrogens is 360 g/mol. The molecule has 1 aliphatic heterocycles. The highest BCUT2D eigenvalue weighted by Crippen LogP contribution is 2.49. The summed E-state index contributed by atoms with van der Waals surface area (Å²) in [5.41, 5.74) is 4.46. The number of aliphatic hydroxyl groups excluding tert-OH is 1. The Bertz CT molecular complexity index is 941. The van der Waals surface area contributed by atoms with Crippen molar-refractivity contribution in [1.82, 2.24) is 25.4 Å². The maximum absolute atomic E-state index is 8.87. The minimum Gasteiger partial charge on any atom is -0.395 e. The third kappa shape index (κ3) is 3.53. The molecule has 0 amide bonds. The van der Waals surface area contributed by atoms with Crippen molar-refractivity contribution in [3.05, 3.63) is 30.6 Å². The highest BCUT2D eigenvalue weighted by atomic mass is 32.2. The van der Waals surface area contributed by atoms with Crippen molar-refractivity contribution < 1.29 is 5.11 Å². The Morgan fingerprint density at radius 2 is 2.07 bits per heavy atom. The van der Waals surface area contributed by atoms with Gasteiger partial charge in [0.2, 0.25) is 0 Å². The summed E-state index contributed by atoms with van der Waals surface area (Å²) in [5.74, 6) is 0. The minimum atomic E-state index is 0.159. The van der Waals surface area contributed by atoms with Crippen LogP contribution in [0.3, 0.4) is 0 Å². The first-order valence-electron chi connectivity index (χ1n) is 9.19. The summed E-state index contributed by atoms with van der Waals surface area (Å²) >= 11 is 1.75. The molecule has 7 nitrogen and oxygen atoms in total. The Morgan fingerprint density at radius 1 is 1.15 bits per heavy atom. The van der Waals surface area contributed by atoms with Gasteiger partial charge < -0.3 is 21.1 Å². The topological polar surface area (TPSA) is 87.0 Å². The molecule has 4 N–H and O–H groups in total. The molecule has 0 saturated carbocycles. The zero-order chi connectivity index (χ0) is 18.6. The van der Waals surface area contributed by atoms with Crippen LogP contribution in [0.15, 0.2) is 40.4 Å². The zero-order valence-electron chi connectivity index (χ0n) is 15.3. The minimum absolute atomic E-state index is 0.159. The van der Waals surface area contributed by atoms with Gasteiger partial charge in [0.25, 0.3) is 0 Å². The quantitative estimate of drug-likeness (QED) is 0.327. The average Bonchev–Trinajstić information content (AvgIpc) is 3.07. The average molecular weight is 385 g/mol. The van der Waals surface area contributed by atoms with Crippen LogP contribution in [0.25, 0.3) is 22.2 Å². The molecule has 0 aliphatic carbocycles. The Labute approximate surface area is 162 Å². The van der Waals surface area contributed by atoms with Crippen LogP contribution < -0.4 is 16.0 Å². The zero-order valence-corrected chi connectivity index (χ0v) is 16.1. The SMILES string of the molecule is CNCCn1nc2c3c(c(NCCNCCO)ccc31)Sc1cnccc1-2. The fraction of sp³-hybridized carbons (Fsp3) is 0.368. The lowest BCUT2D eigenvalue weighted by atomic mass is 10.1. The lowest BCUT2D eigenvalue weighted by molar-refractivity contribution is 0.293. The van der Waals surface area contributed by atoms with Crippen LogP contribution in [-0.2, 0) is 6.54 Å². The predicted molar refractivity (Wildman–Crippen MR) is 109 cm³/mol. The van der Waals surface area contributed by atoms with Gasteiger partial charge in [-0.05, 0) is 25.2 Å². The number of anilines is 1. The van der Waals surface area contributed by atoms with Crippen molar-refractivity contribution in [3.63, 3.8) is 0 Å². The highest BCUT2D eigenvalue weighted by Gasteiger charge is 2.25. The lowest BCUT2D eigenvalue weighted by Gasteiger charge is -2.18. The smallest absolute Gasteiger partial charge is 0.103 e. The van der Waals surface area contributed by atoms with Crippen molar-refractivity contribution >= 4 is 28.4 Å². The molecule has 1 aliphatic rings. The van der Waals surface area contributed by atoms with E-state index in [4.69, 9.17) is 10.2 Å². The molecule has 1 aromatic carbocycles. The molecule has 0 radical (unpaired) electrons. The van der Waals surface area contributed by atoms with Gasteiger partial charge in [0.15, 0.2) is 0 Å². The van der Waals surface area contributed by atoms with Gasteiger partial charge in [0, 0.05) is 65.0 Å². The van der Waals surface area contributed by atoms with Gasteiger partial charge in [-0.25, -0.2) is 0 Å². The Hall–Kier alpha value is -2.13. The molecule has 4 rings (SSSR count). The molecule has 142 valence electrons. The number of aliphatic hydroxyl groups is 1. The largest absolute Gasteiger partial charge is 0.395 e. The molecule has 0 saturated heterocycles. The molecule has 0 unspecified atom stereocenters. The van der Waals surface area contributed by atoms with E-state index in [0.717, 1.165) is 53.5 Å². The van der Waals surface area contributed by atoms with Gasteiger partial charge in [-0.15, -0.1) is 0 Å². The molecule has 0 fully saturated rings. The van der Waals surface area contributed by atoms with Crippen LogP contribution in [0.2, 0.25) is 0 Å². The molecule has 0 spiro atoms. The van der Waals surface area contributed by atoms with Crippen molar-refractivity contribution in [1.29, 1.82) is 0 Å². The first kappa shape index (κ1) is 18.2. The van der Waals surface area contributed by atoms with Crippen LogP contribution in [0, 0.1) is 0 Å². The second kappa shape index (κ2) is 8.26. The normalized spacial score (nSPS) is 12.4. The van der Waals surface area contributed by atoms with Crippen LogP contribution in [-0.4, -0.2) is 59.7 Å². The molecule has 2 aromatic heterocycles. The van der Waals surface area contributed by atoms with E-state index in [1.807, 2.05) is 25.5 Å². The Balaban J connectivity index is 1.72. The number of pyridine rings is 1. The van der Waals surface area contributed by atoms with Gasteiger partial charge >= 0.3 is 0 Å². The van der Waals surface area contributed by atoms with Gasteiger partial charge in [0.1, 0.15) is 5.69 Å². The number of benzene rings is 1. The second-order valence-corrected chi connectivity index (χ2v) is 7.44. The fourth-order valence-corrected chi connectivity index (χ4v) is 4.48. The fourth-order valence-electron chi connectivity index (χ4n) is 3.32. The number of hydrogen-bond acceptors (Lipinski definition) is 7. The van der Waals surface area contributed by atoms with E-state index < -0.39 is 0 Å². The second-order valence-electron chi connectivity index (χ2n) is 6.39. The number of hydrogen-bond donors (Lipinski definition) is 4. The van der Waals surface area contributed by atoms with E-state index in [9.17, 15) is 0 Å². The molecule has 3 heterocycles. The molecule has 3 aromatic rings. The number of nitrogens with one attached hydrogen (secondary N) is 3. The van der Waals surface area contributed by atoms with Crippen LogP contribution >= 0.6 is 11.8 Å². The van der Waals surface area contributed by atoms with Crippen LogP contribution in [0.5, 0.6) is 0 Å². The highest BCUT2D eigenvalue weighted by molar-refractivity contribution is 8.00. The number of fused-ring (bicyclic) bond motifs is 2. The third-order valence-corrected chi connectivity index (χ3v) is 5.78.